The third kappa shape index (κ3) is 4.12. The van der Waals surface area contributed by atoms with Crippen molar-refractivity contribution in [3.8, 4) is 0 Å². The number of amides is 3. The van der Waals surface area contributed by atoms with Crippen LogP contribution in [-0.2, 0) is 16.1 Å². The summed E-state index contributed by atoms with van der Waals surface area (Å²) in [5.41, 5.74) is 9.21. The topological polar surface area (TPSA) is 95.7 Å². The molecule has 1 unspecified atom stereocenters. The molecule has 1 saturated heterocycles. The van der Waals surface area contributed by atoms with E-state index in [0.717, 1.165) is 5.56 Å². The summed E-state index contributed by atoms with van der Waals surface area (Å²) in [6.07, 6.45) is -0.251. The summed E-state index contributed by atoms with van der Waals surface area (Å²) < 4.78 is 0. The molecular weight excluding hydrogens is 364 g/mol. The van der Waals surface area contributed by atoms with Crippen LogP contribution in [0.25, 0.3) is 0 Å². The highest BCUT2D eigenvalue weighted by Crippen LogP contribution is 2.21. The first kappa shape index (κ1) is 18.5. The summed E-state index contributed by atoms with van der Waals surface area (Å²) in [5, 5.41) is 1.38. The Balaban J connectivity index is 1.83. The number of thiocarbonyl (C=S) groups is 1. The van der Waals surface area contributed by atoms with E-state index in [1.54, 1.807) is 30.3 Å². The molecule has 0 spiro atoms. The monoisotopic (exact) mass is 382 g/mol. The smallest absolute Gasteiger partial charge is 0.269 e. The van der Waals surface area contributed by atoms with Crippen LogP contribution in [0.15, 0.2) is 60.7 Å². The van der Waals surface area contributed by atoms with Crippen LogP contribution >= 0.6 is 12.2 Å². The van der Waals surface area contributed by atoms with Crippen LogP contribution in [0.2, 0.25) is 0 Å². The van der Waals surface area contributed by atoms with Crippen molar-refractivity contribution in [3.05, 3.63) is 71.8 Å². The second-order valence-electron chi connectivity index (χ2n) is 6.06. The van der Waals surface area contributed by atoms with Crippen LogP contribution in [0, 0.1) is 0 Å². The number of hydrogen-bond acceptors (Lipinski definition) is 4. The first-order valence-corrected chi connectivity index (χ1v) is 8.71. The minimum Gasteiger partial charge on any atom is -0.370 e. The Labute approximate surface area is 161 Å². The number of carbonyl (C=O) groups is 3. The predicted octanol–water partition coefficient (Wildman–Crippen LogP) is 1.20. The molecule has 0 bridgehead atoms. The standard InChI is InChI=1S/C19H18N4O3S/c20-16(24)11-15-18(26)22(12-13-7-3-1-4-8-13)19(27)23(15)21-17(25)14-9-5-2-6-10-14/h1-10,15H,11-12H2,(H2,20,24)(H,21,25). The summed E-state index contributed by atoms with van der Waals surface area (Å²) in [6, 6.07) is 16.9. The highest BCUT2D eigenvalue weighted by molar-refractivity contribution is 7.80. The number of rotatable bonds is 6. The fourth-order valence-corrected chi connectivity index (χ4v) is 3.15. The Hall–Kier alpha value is -3.26. The molecule has 3 amide bonds. The number of nitrogens with two attached hydrogens (primary N) is 1. The van der Waals surface area contributed by atoms with Crippen LogP contribution in [-0.4, -0.2) is 38.8 Å². The largest absolute Gasteiger partial charge is 0.370 e. The van der Waals surface area contributed by atoms with Crippen LogP contribution in [0.5, 0.6) is 0 Å². The molecule has 138 valence electrons. The number of benzene rings is 2. The van der Waals surface area contributed by atoms with Gasteiger partial charge in [0.15, 0.2) is 5.11 Å². The van der Waals surface area contributed by atoms with E-state index in [9.17, 15) is 14.4 Å². The molecule has 27 heavy (non-hydrogen) atoms. The molecule has 1 atom stereocenters. The fraction of sp³-hybridized carbons (Fsp3) is 0.158. The molecule has 3 rings (SSSR count). The van der Waals surface area contributed by atoms with Gasteiger partial charge in [-0.3, -0.25) is 24.7 Å². The number of carbonyl (C=O) groups excluding carboxylic acids is 3. The number of hydrazine groups is 1. The number of primary amides is 1. The first-order valence-electron chi connectivity index (χ1n) is 8.30. The molecule has 3 N–H and O–H groups in total. The molecule has 1 aliphatic heterocycles. The molecule has 1 aliphatic rings. The van der Waals surface area contributed by atoms with Gasteiger partial charge < -0.3 is 5.73 Å². The van der Waals surface area contributed by atoms with Crippen LogP contribution in [0.4, 0.5) is 0 Å². The molecule has 8 heteroatoms. The SMILES string of the molecule is NC(=O)CC1C(=O)N(Cc2ccccc2)C(=S)N1NC(=O)c1ccccc1. The van der Waals surface area contributed by atoms with Gasteiger partial charge in [-0.1, -0.05) is 48.5 Å². The number of nitrogens with zero attached hydrogens (tertiary/aromatic N) is 2. The lowest BCUT2D eigenvalue weighted by Crippen LogP contribution is -2.49. The van der Waals surface area contributed by atoms with Gasteiger partial charge in [0.1, 0.15) is 6.04 Å². The molecule has 2 aromatic carbocycles. The Morgan fingerprint density at radius 2 is 1.63 bits per heavy atom. The lowest BCUT2D eigenvalue weighted by atomic mass is 10.1. The van der Waals surface area contributed by atoms with E-state index >= 15 is 0 Å². The second kappa shape index (κ2) is 7.96. The molecule has 0 radical (unpaired) electrons. The molecule has 7 nitrogen and oxygen atoms in total. The summed E-state index contributed by atoms with van der Waals surface area (Å²) in [7, 11) is 0. The molecule has 1 heterocycles. The summed E-state index contributed by atoms with van der Waals surface area (Å²) in [5.74, 6) is -1.46. The predicted molar refractivity (Wildman–Crippen MR) is 103 cm³/mol. The highest BCUT2D eigenvalue weighted by atomic mass is 32.1. The van der Waals surface area contributed by atoms with Gasteiger partial charge in [-0.25, -0.2) is 5.01 Å². The van der Waals surface area contributed by atoms with Gasteiger partial charge in [0, 0.05) is 5.56 Å². The zero-order valence-corrected chi connectivity index (χ0v) is 15.2. The molecule has 0 saturated carbocycles. The van der Waals surface area contributed by atoms with Gasteiger partial charge in [0.2, 0.25) is 5.91 Å². The van der Waals surface area contributed by atoms with Crippen molar-refractivity contribution in [3.63, 3.8) is 0 Å². The number of hydrogen-bond donors (Lipinski definition) is 2. The van der Waals surface area contributed by atoms with Crippen molar-refractivity contribution in [1.82, 2.24) is 15.3 Å². The van der Waals surface area contributed by atoms with E-state index in [1.165, 1.54) is 9.91 Å². The van der Waals surface area contributed by atoms with Gasteiger partial charge in [-0.05, 0) is 29.9 Å². The molecular formula is C19H18N4O3S. The molecule has 0 aromatic heterocycles. The van der Waals surface area contributed by atoms with Crippen molar-refractivity contribution in [2.75, 3.05) is 0 Å². The van der Waals surface area contributed by atoms with Crippen molar-refractivity contribution >= 4 is 35.1 Å². The van der Waals surface area contributed by atoms with Crippen molar-refractivity contribution in [1.29, 1.82) is 0 Å². The number of nitrogens with one attached hydrogen (secondary N) is 1. The van der Waals surface area contributed by atoms with E-state index < -0.39 is 17.9 Å². The van der Waals surface area contributed by atoms with Crippen LogP contribution in [0.1, 0.15) is 22.3 Å². The zero-order valence-electron chi connectivity index (χ0n) is 14.4. The average Bonchev–Trinajstić information content (AvgIpc) is 2.88. The maximum absolute atomic E-state index is 12.8. The maximum atomic E-state index is 12.8. The summed E-state index contributed by atoms with van der Waals surface area (Å²) >= 11 is 5.40. The average molecular weight is 382 g/mol. The third-order valence-electron chi connectivity index (χ3n) is 4.14. The zero-order chi connectivity index (χ0) is 19.4. The van der Waals surface area contributed by atoms with E-state index in [0.29, 0.717) is 5.56 Å². The highest BCUT2D eigenvalue weighted by Gasteiger charge is 2.44. The van der Waals surface area contributed by atoms with Crippen LogP contribution in [0.3, 0.4) is 0 Å². The molecule has 1 fully saturated rings. The Morgan fingerprint density at radius 1 is 1.04 bits per heavy atom. The van der Waals surface area contributed by atoms with Gasteiger partial charge in [0.05, 0.1) is 13.0 Å². The summed E-state index contributed by atoms with van der Waals surface area (Å²) in [6.45, 7) is 0.242. The van der Waals surface area contributed by atoms with Crippen molar-refractivity contribution < 1.29 is 14.4 Å². The summed E-state index contributed by atoms with van der Waals surface area (Å²) in [4.78, 5) is 38.1. The van der Waals surface area contributed by atoms with Gasteiger partial charge >= 0.3 is 0 Å². The Bertz CT molecular complexity index is 873. The Morgan fingerprint density at radius 3 is 2.22 bits per heavy atom. The molecule has 2 aromatic rings. The second-order valence-corrected chi connectivity index (χ2v) is 6.42. The third-order valence-corrected chi connectivity index (χ3v) is 4.55. The van der Waals surface area contributed by atoms with E-state index in [2.05, 4.69) is 5.43 Å². The Kier molecular flexibility index (Phi) is 5.46. The maximum Gasteiger partial charge on any atom is 0.269 e. The lowest BCUT2D eigenvalue weighted by Gasteiger charge is -2.24. The first-order chi connectivity index (χ1) is 13.0. The van der Waals surface area contributed by atoms with Crippen LogP contribution < -0.4 is 11.2 Å². The fourth-order valence-electron chi connectivity index (χ4n) is 2.82. The molecule has 0 aliphatic carbocycles. The van der Waals surface area contributed by atoms with E-state index in [1.807, 2.05) is 30.3 Å². The minimum absolute atomic E-state index is 0.124. The van der Waals surface area contributed by atoms with Gasteiger partial charge in [-0.2, -0.15) is 0 Å². The minimum atomic E-state index is -0.966. The van der Waals surface area contributed by atoms with Gasteiger partial charge in [0.25, 0.3) is 11.8 Å². The van der Waals surface area contributed by atoms with E-state index in [-0.39, 0.29) is 24.0 Å². The van der Waals surface area contributed by atoms with E-state index in [4.69, 9.17) is 18.0 Å². The lowest BCUT2D eigenvalue weighted by molar-refractivity contribution is -0.131. The van der Waals surface area contributed by atoms with Gasteiger partial charge in [-0.15, -0.1) is 0 Å². The van der Waals surface area contributed by atoms with Crippen molar-refractivity contribution in [2.24, 2.45) is 5.73 Å². The normalized spacial score (nSPS) is 16.5. The van der Waals surface area contributed by atoms with Crippen molar-refractivity contribution in [2.45, 2.75) is 19.0 Å². The quantitative estimate of drug-likeness (QED) is 0.732.